The van der Waals surface area contributed by atoms with Crippen LogP contribution in [-0.4, -0.2) is 41.8 Å². The normalized spacial score (nSPS) is 10.9. The first-order valence-corrected chi connectivity index (χ1v) is 11.0. The van der Waals surface area contributed by atoms with Gasteiger partial charge in [0, 0.05) is 0 Å². The van der Waals surface area contributed by atoms with Crippen molar-refractivity contribution in [2.24, 2.45) is 0 Å². The summed E-state index contributed by atoms with van der Waals surface area (Å²) in [7, 11) is 1.60. The van der Waals surface area contributed by atoms with E-state index < -0.39 is 0 Å². The zero-order chi connectivity index (χ0) is 22.6. The molecule has 0 spiro atoms. The SMILES string of the molecule is COc1ccccc1Nc1nc(N)nc(CSc2ncnc3c2cnn3-c2ccccc2)n1. The zero-order valence-electron chi connectivity index (χ0n) is 17.6. The van der Waals surface area contributed by atoms with Crippen LogP contribution in [-0.2, 0) is 5.75 Å². The fourth-order valence-corrected chi connectivity index (χ4v) is 4.07. The maximum Gasteiger partial charge on any atom is 0.232 e. The highest BCUT2D eigenvalue weighted by atomic mass is 32.2. The number of thioether (sulfide) groups is 1. The number of methoxy groups -OCH3 is 1. The highest BCUT2D eigenvalue weighted by Crippen LogP contribution is 2.29. The number of hydrogen-bond donors (Lipinski definition) is 2. The highest BCUT2D eigenvalue weighted by molar-refractivity contribution is 7.98. The standard InChI is InChI=1S/C22H19N9OS/c1-32-17-10-6-5-9-16(17)27-22-29-18(28-21(23)30-22)12-33-20-15-11-26-31(19(15)24-13-25-20)14-7-3-2-4-8-14/h2-11,13H,12H2,1H3,(H3,23,27,28,29,30). The molecule has 0 radical (unpaired) electrons. The maximum atomic E-state index is 5.93. The van der Waals surface area contributed by atoms with Gasteiger partial charge < -0.3 is 15.8 Å². The molecule has 0 saturated heterocycles. The summed E-state index contributed by atoms with van der Waals surface area (Å²) in [5, 5.41) is 9.25. The quantitative estimate of drug-likeness (QED) is 0.276. The van der Waals surface area contributed by atoms with Crippen molar-refractivity contribution in [3.05, 3.63) is 72.9 Å². The molecule has 5 aromatic rings. The molecule has 0 bridgehead atoms. The molecular formula is C22H19N9OS. The number of nitrogens with zero attached hydrogens (tertiary/aromatic N) is 7. The lowest BCUT2D eigenvalue weighted by Gasteiger charge is -2.10. The van der Waals surface area contributed by atoms with Gasteiger partial charge in [0.05, 0.1) is 35.8 Å². The molecule has 0 fully saturated rings. The molecule has 3 aromatic heterocycles. The molecule has 3 N–H and O–H groups in total. The fraction of sp³-hybridized carbons (Fsp3) is 0.0909. The van der Waals surface area contributed by atoms with E-state index in [0.717, 1.165) is 27.4 Å². The summed E-state index contributed by atoms with van der Waals surface area (Å²) < 4.78 is 7.16. The summed E-state index contributed by atoms with van der Waals surface area (Å²) in [4.78, 5) is 21.8. The number of anilines is 3. The van der Waals surface area contributed by atoms with E-state index >= 15 is 0 Å². The van der Waals surface area contributed by atoms with Crippen LogP contribution in [0, 0.1) is 0 Å². The molecule has 33 heavy (non-hydrogen) atoms. The number of aromatic nitrogens is 7. The zero-order valence-corrected chi connectivity index (χ0v) is 18.4. The van der Waals surface area contributed by atoms with Crippen molar-refractivity contribution in [1.82, 2.24) is 34.7 Å². The second-order valence-corrected chi connectivity index (χ2v) is 7.82. The maximum absolute atomic E-state index is 5.93. The van der Waals surface area contributed by atoms with Gasteiger partial charge in [-0.25, -0.2) is 14.6 Å². The Labute approximate surface area is 193 Å². The molecule has 0 saturated carbocycles. The van der Waals surface area contributed by atoms with Gasteiger partial charge in [-0.2, -0.15) is 20.1 Å². The van der Waals surface area contributed by atoms with Gasteiger partial charge in [0.1, 0.15) is 22.9 Å². The summed E-state index contributed by atoms with van der Waals surface area (Å²) >= 11 is 1.48. The summed E-state index contributed by atoms with van der Waals surface area (Å²) in [6.07, 6.45) is 3.29. The Bertz CT molecular complexity index is 1410. The molecule has 10 nitrogen and oxygen atoms in total. The summed E-state index contributed by atoms with van der Waals surface area (Å²) in [6, 6.07) is 17.3. The van der Waals surface area contributed by atoms with Crippen molar-refractivity contribution in [3.8, 4) is 11.4 Å². The van der Waals surface area contributed by atoms with Crippen molar-refractivity contribution in [3.63, 3.8) is 0 Å². The van der Waals surface area contributed by atoms with Gasteiger partial charge in [0.15, 0.2) is 5.65 Å². The molecule has 0 aliphatic carbocycles. The molecule has 0 unspecified atom stereocenters. The first-order valence-electron chi connectivity index (χ1n) is 9.98. The number of fused-ring (bicyclic) bond motifs is 1. The van der Waals surface area contributed by atoms with Crippen LogP contribution in [0.25, 0.3) is 16.7 Å². The first kappa shape index (κ1) is 20.6. The van der Waals surface area contributed by atoms with Crippen molar-refractivity contribution in [1.29, 1.82) is 0 Å². The van der Waals surface area contributed by atoms with E-state index in [4.69, 9.17) is 10.5 Å². The van der Waals surface area contributed by atoms with Crippen molar-refractivity contribution >= 4 is 40.4 Å². The Hall–Kier alpha value is -4.25. The third-order valence-electron chi connectivity index (χ3n) is 4.72. The largest absolute Gasteiger partial charge is 0.495 e. The molecule has 0 aliphatic rings. The number of rotatable bonds is 7. The number of nitrogens with one attached hydrogen (secondary N) is 1. The van der Waals surface area contributed by atoms with Crippen molar-refractivity contribution in [2.75, 3.05) is 18.2 Å². The second kappa shape index (κ2) is 9.09. The molecular weight excluding hydrogens is 438 g/mol. The second-order valence-electron chi connectivity index (χ2n) is 6.86. The summed E-state index contributed by atoms with van der Waals surface area (Å²) in [5.74, 6) is 2.10. The Balaban J connectivity index is 1.38. The predicted octanol–water partition coefficient (Wildman–Crippen LogP) is 3.63. The monoisotopic (exact) mass is 457 g/mol. The third-order valence-corrected chi connectivity index (χ3v) is 5.72. The number of nitrogen functional groups attached to an aromatic ring is 1. The van der Waals surface area contributed by atoms with Crippen LogP contribution in [0.3, 0.4) is 0 Å². The predicted molar refractivity (Wildman–Crippen MR) is 127 cm³/mol. The summed E-state index contributed by atoms with van der Waals surface area (Å²) in [6.45, 7) is 0. The van der Waals surface area contributed by atoms with Gasteiger partial charge in [-0.1, -0.05) is 42.1 Å². The minimum absolute atomic E-state index is 0.128. The lowest BCUT2D eigenvalue weighted by atomic mass is 10.3. The van der Waals surface area contributed by atoms with Crippen LogP contribution in [0.2, 0.25) is 0 Å². The van der Waals surface area contributed by atoms with Crippen molar-refractivity contribution < 1.29 is 4.74 Å². The van der Waals surface area contributed by atoms with Gasteiger partial charge in [0.2, 0.25) is 11.9 Å². The van der Waals surface area contributed by atoms with E-state index in [1.807, 2.05) is 54.6 Å². The number of benzene rings is 2. The minimum atomic E-state index is 0.128. The Kier molecular flexibility index (Phi) is 5.68. The number of ether oxygens (including phenoxy) is 1. The highest BCUT2D eigenvalue weighted by Gasteiger charge is 2.13. The van der Waals surface area contributed by atoms with E-state index in [1.165, 1.54) is 18.1 Å². The average molecular weight is 458 g/mol. The van der Waals surface area contributed by atoms with E-state index in [2.05, 4.69) is 35.3 Å². The van der Waals surface area contributed by atoms with E-state index in [0.29, 0.717) is 23.3 Å². The first-order chi connectivity index (χ1) is 16.2. The number of nitrogens with two attached hydrogens (primary N) is 1. The van der Waals surface area contributed by atoms with Gasteiger partial charge in [-0.3, -0.25) is 0 Å². The lowest BCUT2D eigenvalue weighted by Crippen LogP contribution is -2.07. The third kappa shape index (κ3) is 4.39. The van der Waals surface area contributed by atoms with Crippen LogP contribution in [0.1, 0.15) is 5.82 Å². The van der Waals surface area contributed by atoms with Gasteiger partial charge in [-0.15, -0.1) is 0 Å². The average Bonchev–Trinajstić information content (AvgIpc) is 3.28. The Morgan fingerprint density at radius 1 is 1.00 bits per heavy atom. The van der Waals surface area contributed by atoms with Gasteiger partial charge >= 0.3 is 0 Å². The van der Waals surface area contributed by atoms with Crippen LogP contribution in [0.5, 0.6) is 5.75 Å². The Morgan fingerprint density at radius 3 is 2.67 bits per heavy atom. The van der Waals surface area contributed by atoms with Gasteiger partial charge in [0.25, 0.3) is 0 Å². The van der Waals surface area contributed by atoms with E-state index in [-0.39, 0.29) is 5.95 Å². The molecule has 0 aliphatic heterocycles. The van der Waals surface area contributed by atoms with Crippen LogP contribution in [0.4, 0.5) is 17.6 Å². The van der Waals surface area contributed by atoms with Crippen LogP contribution >= 0.6 is 11.8 Å². The summed E-state index contributed by atoms with van der Waals surface area (Å²) in [5.41, 5.74) is 8.32. The van der Waals surface area contributed by atoms with E-state index in [9.17, 15) is 0 Å². The smallest absolute Gasteiger partial charge is 0.232 e. The number of para-hydroxylation sites is 3. The van der Waals surface area contributed by atoms with Gasteiger partial charge in [-0.05, 0) is 24.3 Å². The Morgan fingerprint density at radius 2 is 1.82 bits per heavy atom. The van der Waals surface area contributed by atoms with Crippen LogP contribution in [0.15, 0.2) is 72.1 Å². The molecule has 3 heterocycles. The van der Waals surface area contributed by atoms with E-state index in [1.54, 1.807) is 18.0 Å². The molecule has 11 heteroatoms. The minimum Gasteiger partial charge on any atom is -0.495 e. The molecule has 0 atom stereocenters. The molecule has 164 valence electrons. The molecule has 2 aromatic carbocycles. The lowest BCUT2D eigenvalue weighted by molar-refractivity contribution is 0.417. The molecule has 0 amide bonds. The fourth-order valence-electron chi connectivity index (χ4n) is 3.26. The van der Waals surface area contributed by atoms with Crippen LogP contribution < -0.4 is 15.8 Å². The topological polar surface area (TPSA) is 130 Å². The molecule has 5 rings (SSSR count). The van der Waals surface area contributed by atoms with Crippen molar-refractivity contribution in [2.45, 2.75) is 10.8 Å². The number of hydrogen-bond acceptors (Lipinski definition) is 10.